The molecule has 0 aliphatic rings. The molecule has 1 N–H and O–H groups in total. The molecule has 0 bridgehead atoms. The predicted octanol–water partition coefficient (Wildman–Crippen LogP) is 0.488. The van der Waals surface area contributed by atoms with E-state index >= 15 is 0 Å². The highest BCUT2D eigenvalue weighted by Gasteiger charge is 2.04. The zero-order valence-corrected chi connectivity index (χ0v) is 6.26. The van der Waals surface area contributed by atoms with Crippen LogP contribution in [0.1, 0.15) is 13.3 Å². The first kappa shape index (κ1) is 9.17. The van der Waals surface area contributed by atoms with E-state index in [9.17, 15) is 4.79 Å². The van der Waals surface area contributed by atoms with Gasteiger partial charge in [-0.05, 0) is 12.5 Å². The minimum atomic E-state index is -0.364. The minimum absolute atomic E-state index is 0.113. The van der Waals surface area contributed by atoms with E-state index in [2.05, 4.69) is 4.74 Å². The number of carbonyl (C=O) groups excluding carboxylic acids is 1. The second kappa shape index (κ2) is 4.99. The summed E-state index contributed by atoms with van der Waals surface area (Å²) in [5.74, 6) is -0.364. The number of aliphatic hydroxyl groups is 1. The molecule has 3 heteroatoms. The Bertz CT molecular complexity index is 138. The number of hydrogen-bond acceptors (Lipinski definition) is 3. The molecule has 10 heavy (non-hydrogen) atoms. The lowest BCUT2D eigenvalue weighted by Gasteiger charge is -1.99. The van der Waals surface area contributed by atoms with Gasteiger partial charge in [-0.15, -0.1) is 0 Å². The third-order valence-corrected chi connectivity index (χ3v) is 1.17. The van der Waals surface area contributed by atoms with Gasteiger partial charge in [-0.2, -0.15) is 0 Å². The highest BCUT2D eigenvalue weighted by Crippen LogP contribution is 2.01. The Hall–Kier alpha value is -0.830. The molecule has 3 nitrogen and oxygen atoms in total. The first-order valence-corrected chi connectivity index (χ1v) is 3.14. The maximum Gasteiger partial charge on any atom is 0.333 e. The topological polar surface area (TPSA) is 46.5 Å². The van der Waals surface area contributed by atoms with E-state index in [1.807, 2.05) is 6.92 Å². The van der Waals surface area contributed by atoms with Crippen molar-refractivity contribution in [2.75, 3.05) is 13.7 Å². The molecule has 0 radical (unpaired) electrons. The van der Waals surface area contributed by atoms with Crippen LogP contribution in [0, 0.1) is 0 Å². The Morgan fingerprint density at radius 2 is 2.30 bits per heavy atom. The molecule has 0 aliphatic heterocycles. The van der Waals surface area contributed by atoms with Crippen molar-refractivity contribution in [1.82, 2.24) is 0 Å². The maximum absolute atomic E-state index is 10.7. The van der Waals surface area contributed by atoms with Gasteiger partial charge < -0.3 is 9.84 Å². The molecule has 58 valence electrons. The van der Waals surface area contributed by atoms with E-state index in [1.54, 1.807) is 0 Å². The van der Waals surface area contributed by atoms with Crippen LogP contribution in [0.15, 0.2) is 11.6 Å². The fourth-order valence-electron chi connectivity index (χ4n) is 0.613. The van der Waals surface area contributed by atoms with Gasteiger partial charge in [-0.1, -0.05) is 6.92 Å². The zero-order valence-electron chi connectivity index (χ0n) is 6.26. The first-order chi connectivity index (χ1) is 4.76. The van der Waals surface area contributed by atoms with E-state index in [0.29, 0.717) is 12.0 Å². The predicted molar refractivity (Wildman–Crippen MR) is 37.5 cm³/mol. The summed E-state index contributed by atoms with van der Waals surface area (Å²) in [7, 11) is 1.32. The lowest BCUT2D eigenvalue weighted by Crippen LogP contribution is -2.04. The molecule has 0 fully saturated rings. The molecule has 0 saturated heterocycles. The Balaban J connectivity index is 4.06. The van der Waals surface area contributed by atoms with Gasteiger partial charge in [-0.25, -0.2) is 4.79 Å². The SMILES string of the molecule is CCC(=CCO)C(=O)OC. The van der Waals surface area contributed by atoms with E-state index in [4.69, 9.17) is 5.11 Å². The highest BCUT2D eigenvalue weighted by atomic mass is 16.5. The standard InChI is InChI=1S/C7H12O3/c1-3-6(4-5-8)7(9)10-2/h4,8H,3,5H2,1-2H3. The van der Waals surface area contributed by atoms with Crippen LogP contribution in [0.25, 0.3) is 0 Å². The fraction of sp³-hybridized carbons (Fsp3) is 0.571. The number of rotatable bonds is 3. The van der Waals surface area contributed by atoms with Gasteiger partial charge in [0.05, 0.1) is 13.7 Å². The van der Waals surface area contributed by atoms with E-state index in [0.717, 1.165) is 0 Å². The normalized spacial score (nSPS) is 11.3. The van der Waals surface area contributed by atoms with Crippen molar-refractivity contribution in [1.29, 1.82) is 0 Å². The second-order valence-corrected chi connectivity index (χ2v) is 1.76. The van der Waals surface area contributed by atoms with Crippen LogP contribution in [0.4, 0.5) is 0 Å². The van der Waals surface area contributed by atoms with Gasteiger partial charge in [0.25, 0.3) is 0 Å². The van der Waals surface area contributed by atoms with Crippen LogP contribution in [-0.2, 0) is 9.53 Å². The van der Waals surface area contributed by atoms with Crippen LogP contribution in [0.5, 0.6) is 0 Å². The van der Waals surface area contributed by atoms with Crippen molar-refractivity contribution >= 4 is 5.97 Å². The average Bonchev–Trinajstić information content (AvgIpc) is 1.99. The zero-order chi connectivity index (χ0) is 7.98. The molecule has 0 atom stereocenters. The summed E-state index contributed by atoms with van der Waals surface area (Å²) in [6.07, 6.45) is 2.04. The van der Waals surface area contributed by atoms with Gasteiger partial charge >= 0.3 is 5.97 Å². The van der Waals surface area contributed by atoms with Gasteiger partial charge in [-0.3, -0.25) is 0 Å². The third kappa shape index (κ3) is 2.64. The summed E-state index contributed by atoms with van der Waals surface area (Å²) in [6, 6.07) is 0. The van der Waals surface area contributed by atoms with Crippen LogP contribution in [0.3, 0.4) is 0 Å². The molecule has 0 unspecified atom stereocenters. The number of esters is 1. The Morgan fingerprint density at radius 1 is 1.70 bits per heavy atom. The number of methoxy groups -OCH3 is 1. The average molecular weight is 144 g/mol. The smallest absolute Gasteiger partial charge is 0.333 e. The van der Waals surface area contributed by atoms with Crippen molar-refractivity contribution in [3.8, 4) is 0 Å². The monoisotopic (exact) mass is 144 g/mol. The molecule has 0 aromatic heterocycles. The van der Waals surface area contributed by atoms with Crippen molar-refractivity contribution in [3.63, 3.8) is 0 Å². The second-order valence-electron chi connectivity index (χ2n) is 1.76. The van der Waals surface area contributed by atoms with E-state index in [-0.39, 0.29) is 12.6 Å². The number of hydrogen-bond donors (Lipinski definition) is 1. The van der Waals surface area contributed by atoms with Crippen LogP contribution >= 0.6 is 0 Å². The molecule has 0 spiro atoms. The highest BCUT2D eigenvalue weighted by molar-refractivity contribution is 5.88. The number of aliphatic hydroxyl groups excluding tert-OH is 1. The summed E-state index contributed by atoms with van der Waals surface area (Å²) < 4.78 is 4.44. The summed E-state index contributed by atoms with van der Waals surface area (Å²) >= 11 is 0. The van der Waals surface area contributed by atoms with Gasteiger partial charge in [0.15, 0.2) is 0 Å². The molecular formula is C7H12O3. The van der Waals surface area contributed by atoms with Crippen molar-refractivity contribution < 1.29 is 14.6 Å². The van der Waals surface area contributed by atoms with Crippen LogP contribution in [-0.4, -0.2) is 24.8 Å². The summed E-state index contributed by atoms with van der Waals surface area (Å²) in [5, 5.41) is 8.43. The molecule has 0 heterocycles. The Labute approximate surface area is 60.3 Å². The third-order valence-electron chi connectivity index (χ3n) is 1.17. The Kier molecular flexibility index (Phi) is 4.58. The summed E-state index contributed by atoms with van der Waals surface area (Å²) in [5.41, 5.74) is 0.519. The molecule has 0 aromatic carbocycles. The molecule has 0 rings (SSSR count). The first-order valence-electron chi connectivity index (χ1n) is 3.14. The minimum Gasteiger partial charge on any atom is -0.466 e. The Morgan fingerprint density at radius 3 is 2.60 bits per heavy atom. The van der Waals surface area contributed by atoms with E-state index < -0.39 is 0 Å². The molecule has 0 aliphatic carbocycles. The fourth-order valence-corrected chi connectivity index (χ4v) is 0.613. The van der Waals surface area contributed by atoms with Crippen molar-refractivity contribution in [2.45, 2.75) is 13.3 Å². The molecule has 0 aromatic rings. The maximum atomic E-state index is 10.7. The lowest BCUT2D eigenvalue weighted by atomic mass is 10.2. The van der Waals surface area contributed by atoms with Gasteiger partial charge in [0, 0.05) is 5.57 Å². The lowest BCUT2D eigenvalue weighted by molar-refractivity contribution is -0.136. The molecular weight excluding hydrogens is 132 g/mol. The summed E-state index contributed by atoms with van der Waals surface area (Å²) in [4.78, 5) is 10.7. The molecule has 0 amide bonds. The summed E-state index contributed by atoms with van der Waals surface area (Å²) in [6.45, 7) is 1.72. The van der Waals surface area contributed by atoms with Crippen molar-refractivity contribution in [2.24, 2.45) is 0 Å². The molecule has 0 saturated carbocycles. The van der Waals surface area contributed by atoms with Crippen molar-refractivity contribution in [3.05, 3.63) is 11.6 Å². The number of carbonyl (C=O) groups is 1. The quantitative estimate of drug-likeness (QED) is 0.463. The van der Waals surface area contributed by atoms with Crippen LogP contribution in [0.2, 0.25) is 0 Å². The largest absolute Gasteiger partial charge is 0.466 e. The van der Waals surface area contributed by atoms with E-state index in [1.165, 1.54) is 13.2 Å². The van der Waals surface area contributed by atoms with Gasteiger partial charge in [0.1, 0.15) is 0 Å². The van der Waals surface area contributed by atoms with Gasteiger partial charge in [0.2, 0.25) is 0 Å². The van der Waals surface area contributed by atoms with Crippen LogP contribution < -0.4 is 0 Å². The number of ether oxygens (including phenoxy) is 1.